The number of hydrogen-bond acceptors (Lipinski definition) is 9. The minimum atomic E-state index is -4.65. The number of benzene rings is 1. The average Bonchev–Trinajstić information content (AvgIpc) is 2.66. The first-order valence-electron chi connectivity index (χ1n) is 7.70. The highest BCUT2D eigenvalue weighted by Gasteiger charge is 2.31. The van der Waals surface area contributed by atoms with Gasteiger partial charge in [0.25, 0.3) is 10.0 Å². The van der Waals surface area contributed by atoms with Crippen LogP contribution in [0.3, 0.4) is 0 Å². The molecule has 0 atom stereocenters. The number of aromatic nitrogens is 1. The summed E-state index contributed by atoms with van der Waals surface area (Å²) in [5.74, 6) is -2.29. The Labute approximate surface area is 166 Å². The molecular weight excluding hydrogens is 428 g/mol. The van der Waals surface area contributed by atoms with E-state index in [1.165, 1.54) is 26.2 Å². The lowest BCUT2D eigenvalue weighted by atomic mass is 10.3. The van der Waals surface area contributed by atoms with Crippen molar-refractivity contribution in [1.29, 1.82) is 0 Å². The maximum Gasteiger partial charge on any atom is 0.406 e. The molecule has 1 aromatic heterocycles. The number of sulfonamides is 2. The average molecular weight is 444 g/mol. The fourth-order valence-corrected chi connectivity index (χ4v) is 4.82. The molecule has 0 aliphatic rings. The molecular formula is C15H16N4O8S2. The summed E-state index contributed by atoms with van der Waals surface area (Å²) in [6.45, 7) is 0. The quantitative estimate of drug-likeness (QED) is 0.469. The molecule has 2 aromatic rings. The molecule has 12 nitrogen and oxygen atoms in total. The van der Waals surface area contributed by atoms with Crippen molar-refractivity contribution in [3.63, 3.8) is 0 Å². The van der Waals surface area contributed by atoms with Gasteiger partial charge in [0, 0.05) is 14.1 Å². The molecule has 0 fully saturated rings. The fraction of sp³-hybridized carbons (Fsp3) is 0.200. The van der Waals surface area contributed by atoms with E-state index < -0.39 is 52.2 Å². The van der Waals surface area contributed by atoms with Crippen LogP contribution < -0.4 is 9.46 Å². The SMILES string of the molecule is COc1ccc(C(=O)NS(=O)(=O)c2ccccc2S(=O)(=O)N(C)C)nc1[N+](=O)[O-]. The number of rotatable bonds is 7. The van der Waals surface area contributed by atoms with Crippen LogP contribution in [0.4, 0.5) is 5.82 Å². The summed E-state index contributed by atoms with van der Waals surface area (Å²) in [6, 6.07) is 6.80. The van der Waals surface area contributed by atoms with Crippen LogP contribution in [0, 0.1) is 10.1 Å². The van der Waals surface area contributed by atoms with E-state index >= 15 is 0 Å². The molecule has 0 aliphatic heterocycles. The van der Waals surface area contributed by atoms with Crippen LogP contribution in [0.5, 0.6) is 5.75 Å². The topological polar surface area (TPSA) is 166 Å². The molecule has 0 spiro atoms. The van der Waals surface area contributed by atoms with Crippen molar-refractivity contribution in [2.24, 2.45) is 0 Å². The van der Waals surface area contributed by atoms with Gasteiger partial charge in [-0.2, -0.15) is 0 Å². The Hall–Kier alpha value is -3.10. The lowest BCUT2D eigenvalue weighted by Crippen LogP contribution is -2.33. The highest BCUT2D eigenvalue weighted by atomic mass is 32.2. The van der Waals surface area contributed by atoms with Crippen LogP contribution in [0.1, 0.15) is 10.5 Å². The molecule has 156 valence electrons. The third-order valence-electron chi connectivity index (χ3n) is 3.59. The minimum Gasteiger partial charge on any atom is -0.489 e. The highest BCUT2D eigenvalue weighted by Crippen LogP contribution is 2.25. The van der Waals surface area contributed by atoms with Crippen molar-refractivity contribution in [3.8, 4) is 5.75 Å². The lowest BCUT2D eigenvalue weighted by molar-refractivity contribution is -0.390. The van der Waals surface area contributed by atoms with Crippen LogP contribution in [0.15, 0.2) is 46.2 Å². The predicted octanol–water partition coefficient (Wildman–Crippen LogP) is 0.367. The largest absolute Gasteiger partial charge is 0.489 e. The first-order chi connectivity index (χ1) is 13.4. The molecule has 1 heterocycles. The number of methoxy groups -OCH3 is 1. The zero-order valence-corrected chi connectivity index (χ0v) is 17.0. The second-order valence-electron chi connectivity index (χ2n) is 5.65. The maximum atomic E-state index is 12.6. The van der Waals surface area contributed by atoms with Gasteiger partial charge >= 0.3 is 11.7 Å². The molecule has 0 aliphatic carbocycles. The standard InChI is InChI=1S/C15H16N4O8S2/c1-18(2)29(25,26)13-7-5-4-6-12(13)28(23,24)17-15(20)10-8-9-11(27-3)14(16-10)19(21)22/h4-9H,1-3H3,(H,17,20). The monoisotopic (exact) mass is 444 g/mol. The van der Waals surface area contributed by atoms with Gasteiger partial charge in [0.05, 0.1) is 7.11 Å². The summed E-state index contributed by atoms with van der Waals surface area (Å²) in [5, 5.41) is 11.0. The van der Waals surface area contributed by atoms with Crippen LogP contribution in [0.25, 0.3) is 0 Å². The highest BCUT2D eigenvalue weighted by molar-refractivity contribution is 7.92. The number of hydrogen-bond donors (Lipinski definition) is 1. The van der Waals surface area contributed by atoms with E-state index in [1.54, 1.807) is 4.72 Å². The number of ether oxygens (including phenoxy) is 1. The van der Waals surface area contributed by atoms with Gasteiger partial charge in [0.2, 0.25) is 21.5 Å². The maximum absolute atomic E-state index is 12.6. The molecule has 14 heteroatoms. The number of carbonyl (C=O) groups is 1. The Kier molecular flexibility index (Phi) is 6.20. The third-order valence-corrected chi connectivity index (χ3v) is 6.98. The number of nitrogens with one attached hydrogen (secondary N) is 1. The molecule has 0 saturated heterocycles. The van der Waals surface area contributed by atoms with Crippen LogP contribution >= 0.6 is 0 Å². The normalized spacial score (nSPS) is 11.9. The van der Waals surface area contributed by atoms with Gasteiger partial charge in [-0.15, -0.1) is 0 Å². The Balaban J connectivity index is 2.47. The van der Waals surface area contributed by atoms with Crippen LogP contribution in [-0.2, 0) is 20.0 Å². The van der Waals surface area contributed by atoms with E-state index in [0.29, 0.717) is 0 Å². The van der Waals surface area contributed by atoms with Gasteiger partial charge in [0.15, 0.2) is 0 Å². The van der Waals surface area contributed by atoms with Gasteiger partial charge in [-0.1, -0.05) is 12.1 Å². The number of amides is 1. The first-order valence-corrected chi connectivity index (χ1v) is 10.6. The van der Waals surface area contributed by atoms with Crippen molar-refractivity contribution < 1.29 is 31.3 Å². The van der Waals surface area contributed by atoms with Gasteiger partial charge in [-0.25, -0.2) is 25.9 Å². The van der Waals surface area contributed by atoms with E-state index in [1.807, 2.05) is 0 Å². The lowest BCUT2D eigenvalue weighted by Gasteiger charge is -2.15. The van der Waals surface area contributed by atoms with E-state index in [2.05, 4.69) is 4.98 Å². The summed E-state index contributed by atoms with van der Waals surface area (Å²) in [6.07, 6.45) is 0. The Morgan fingerprint density at radius 3 is 2.21 bits per heavy atom. The number of nitrogens with zero attached hydrogens (tertiary/aromatic N) is 3. The van der Waals surface area contributed by atoms with Crippen molar-refractivity contribution in [2.75, 3.05) is 21.2 Å². The smallest absolute Gasteiger partial charge is 0.406 e. The van der Waals surface area contributed by atoms with Gasteiger partial charge in [-0.3, -0.25) is 4.79 Å². The molecule has 0 unspecified atom stereocenters. The molecule has 0 bridgehead atoms. The molecule has 1 N–H and O–H groups in total. The Bertz CT molecular complexity index is 1180. The minimum absolute atomic E-state index is 0.225. The third kappa shape index (κ3) is 4.49. The molecule has 1 aromatic carbocycles. The number of carbonyl (C=O) groups excluding carboxylic acids is 1. The Morgan fingerprint density at radius 2 is 1.69 bits per heavy atom. The molecule has 0 saturated carbocycles. The first kappa shape index (κ1) is 22.2. The number of nitro groups is 1. The van der Waals surface area contributed by atoms with Gasteiger partial charge < -0.3 is 14.9 Å². The summed E-state index contributed by atoms with van der Waals surface area (Å²) in [7, 11) is -5.18. The zero-order chi connectivity index (χ0) is 22.0. The van der Waals surface area contributed by atoms with E-state index in [4.69, 9.17) is 4.74 Å². The molecule has 0 radical (unpaired) electrons. The molecule has 1 amide bonds. The van der Waals surface area contributed by atoms with Crippen LogP contribution in [-0.4, -0.2) is 58.2 Å². The van der Waals surface area contributed by atoms with Crippen molar-refractivity contribution in [2.45, 2.75) is 9.79 Å². The van der Waals surface area contributed by atoms with E-state index in [-0.39, 0.29) is 5.75 Å². The molecule has 2 rings (SSSR count). The van der Waals surface area contributed by atoms with Gasteiger partial charge in [0.1, 0.15) is 9.79 Å². The van der Waals surface area contributed by atoms with E-state index in [9.17, 15) is 31.7 Å². The Morgan fingerprint density at radius 1 is 1.10 bits per heavy atom. The summed E-state index contributed by atoms with van der Waals surface area (Å²) < 4.78 is 57.3. The van der Waals surface area contributed by atoms with Crippen LogP contribution in [0.2, 0.25) is 0 Å². The second-order valence-corrected chi connectivity index (χ2v) is 9.42. The zero-order valence-electron chi connectivity index (χ0n) is 15.4. The summed E-state index contributed by atoms with van der Waals surface area (Å²) >= 11 is 0. The predicted molar refractivity (Wildman–Crippen MR) is 99.4 cm³/mol. The van der Waals surface area contributed by atoms with Crippen molar-refractivity contribution >= 4 is 31.8 Å². The summed E-state index contributed by atoms with van der Waals surface area (Å²) in [5.41, 5.74) is -0.575. The van der Waals surface area contributed by atoms with Crippen molar-refractivity contribution in [3.05, 3.63) is 52.2 Å². The van der Waals surface area contributed by atoms with Gasteiger partial charge in [-0.05, 0) is 34.2 Å². The second kappa shape index (κ2) is 8.10. The number of pyridine rings is 1. The molecule has 29 heavy (non-hydrogen) atoms. The van der Waals surface area contributed by atoms with E-state index in [0.717, 1.165) is 35.7 Å². The van der Waals surface area contributed by atoms with Crippen molar-refractivity contribution in [1.82, 2.24) is 14.0 Å². The fourth-order valence-electron chi connectivity index (χ4n) is 2.16. The summed E-state index contributed by atoms with van der Waals surface area (Å²) in [4.78, 5) is 24.7.